The van der Waals surface area contributed by atoms with Crippen LogP contribution in [-0.2, 0) is 4.79 Å². The van der Waals surface area contributed by atoms with Crippen LogP contribution in [0.2, 0.25) is 0 Å². The molecule has 14 heavy (non-hydrogen) atoms. The lowest BCUT2D eigenvalue weighted by Crippen LogP contribution is -1.93. The second kappa shape index (κ2) is 6.91. The van der Waals surface area contributed by atoms with E-state index in [-0.39, 0.29) is 5.88 Å². The maximum atomic E-state index is 10.2. The Morgan fingerprint density at radius 2 is 1.57 bits per heavy atom. The van der Waals surface area contributed by atoms with Crippen LogP contribution in [-0.4, -0.2) is 28.0 Å². The van der Waals surface area contributed by atoms with Gasteiger partial charge < -0.3 is 10.2 Å². The van der Waals surface area contributed by atoms with Crippen molar-refractivity contribution in [2.24, 2.45) is 0 Å². The van der Waals surface area contributed by atoms with Gasteiger partial charge in [0.25, 0.3) is 0 Å². The highest BCUT2D eigenvalue weighted by atomic mass is 35.5. The number of carboxylic acids is 2. The van der Waals surface area contributed by atoms with Crippen LogP contribution >= 0.6 is 11.6 Å². The minimum Gasteiger partial charge on any atom is -0.480 e. The fourth-order valence-corrected chi connectivity index (χ4v) is 0.581. The van der Waals surface area contributed by atoms with Crippen LogP contribution < -0.4 is 0 Å². The number of aliphatic carboxylic acids is 1. The molecule has 0 amide bonds. The molecule has 0 aromatic heterocycles. The van der Waals surface area contributed by atoms with Crippen molar-refractivity contribution < 1.29 is 19.8 Å². The third-order valence-corrected chi connectivity index (χ3v) is 1.36. The molecule has 76 valence electrons. The van der Waals surface area contributed by atoms with E-state index in [4.69, 9.17) is 21.8 Å². The number of alkyl halides is 1. The second-order valence-electron chi connectivity index (χ2n) is 2.20. The molecule has 0 unspecified atom stereocenters. The lowest BCUT2D eigenvalue weighted by molar-refractivity contribution is -0.134. The molecule has 5 heteroatoms. The standard InChI is InChI=1S/C7H6O2.C2H3ClO2/c8-7(9)6-4-2-1-3-5-6;3-1-2(4)5/h1-5H,(H,8,9);1H2,(H,4,5). The number of carboxylic acid groups (broad SMARTS) is 2. The molecular weight excluding hydrogens is 208 g/mol. The summed E-state index contributed by atoms with van der Waals surface area (Å²) in [6, 6.07) is 8.30. The Hall–Kier alpha value is -1.55. The van der Waals surface area contributed by atoms with Gasteiger partial charge in [0.2, 0.25) is 0 Å². The van der Waals surface area contributed by atoms with Gasteiger partial charge in [-0.2, -0.15) is 0 Å². The first kappa shape index (κ1) is 12.4. The van der Waals surface area contributed by atoms with Gasteiger partial charge in [0.05, 0.1) is 5.56 Å². The number of hydrogen-bond acceptors (Lipinski definition) is 2. The maximum absolute atomic E-state index is 10.2. The molecule has 0 spiro atoms. The molecule has 0 atom stereocenters. The van der Waals surface area contributed by atoms with Gasteiger partial charge in [0.15, 0.2) is 0 Å². The number of carbonyl (C=O) groups is 2. The second-order valence-corrected chi connectivity index (χ2v) is 2.47. The molecule has 1 aromatic rings. The van der Waals surface area contributed by atoms with Crippen molar-refractivity contribution in [2.45, 2.75) is 0 Å². The van der Waals surface area contributed by atoms with Gasteiger partial charge in [-0.25, -0.2) is 4.79 Å². The number of benzene rings is 1. The quantitative estimate of drug-likeness (QED) is 0.738. The summed E-state index contributed by atoms with van der Waals surface area (Å²) in [5, 5.41) is 16.0. The monoisotopic (exact) mass is 216 g/mol. The molecule has 0 aliphatic rings. The van der Waals surface area contributed by atoms with Crippen LogP contribution in [0.5, 0.6) is 0 Å². The number of aromatic carboxylic acids is 1. The van der Waals surface area contributed by atoms with Gasteiger partial charge in [-0.3, -0.25) is 4.79 Å². The predicted molar refractivity (Wildman–Crippen MR) is 51.8 cm³/mol. The van der Waals surface area contributed by atoms with E-state index in [9.17, 15) is 9.59 Å². The zero-order valence-electron chi connectivity index (χ0n) is 7.18. The third kappa shape index (κ3) is 6.02. The minimum absolute atomic E-state index is 0.306. The van der Waals surface area contributed by atoms with E-state index >= 15 is 0 Å². The molecule has 0 aliphatic carbocycles. The average molecular weight is 217 g/mol. The fourth-order valence-electron chi connectivity index (χ4n) is 0.581. The zero-order chi connectivity index (χ0) is 11.0. The Balaban J connectivity index is 0.000000292. The van der Waals surface area contributed by atoms with Crippen molar-refractivity contribution >= 4 is 23.5 Å². The Morgan fingerprint density at radius 3 is 1.79 bits per heavy atom. The molecule has 0 fully saturated rings. The van der Waals surface area contributed by atoms with E-state index in [0.717, 1.165) is 0 Å². The summed E-state index contributed by atoms with van der Waals surface area (Å²) in [5.41, 5.74) is 0.331. The van der Waals surface area contributed by atoms with Crippen molar-refractivity contribution in [1.29, 1.82) is 0 Å². The minimum atomic E-state index is -0.980. The zero-order valence-corrected chi connectivity index (χ0v) is 7.94. The van der Waals surface area contributed by atoms with E-state index in [1.165, 1.54) is 0 Å². The molecular formula is C9H9ClO4. The molecule has 0 saturated heterocycles. The van der Waals surface area contributed by atoms with E-state index in [1.807, 2.05) is 0 Å². The Bertz CT molecular complexity index is 297. The highest BCUT2D eigenvalue weighted by Crippen LogP contribution is 1.96. The Kier molecular flexibility index (Phi) is 6.15. The predicted octanol–water partition coefficient (Wildman–Crippen LogP) is 1.69. The lowest BCUT2D eigenvalue weighted by atomic mass is 10.2. The first-order valence-corrected chi connectivity index (χ1v) is 4.17. The van der Waals surface area contributed by atoms with E-state index < -0.39 is 11.9 Å². The van der Waals surface area contributed by atoms with Crippen LogP contribution in [0.3, 0.4) is 0 Å². The van der Waals surface area contributed by atoms with Crippen LogP contribution in [0.15, 0.2) is 30.3 Å². The Morgan fingerprint density at radius 1 is 1.14 bits per heavy atom. The highest BCUT2D eigenvalue weighted by molar-refractivity contribution is 6.26. The summed E-state index contributed by atoms with van der Waals surface area (Å²) in [6.45, 7) is 0. The molecule has 0 aliphatic heterocycles. The summed E-state index contributed by atoms with van der Waals surface area (Å²) >= 11 is 4.74. The smallest absolute Gasteiger partial charge is 0.335 e. The summed E-state index contributed by atoms with van der Waals surface area (Å²) in [5.74, 6) is -2.16. The van der Waals surface area contributed by atoms with E-state index in [1.54, 1.807) is 30.3 Å². The van der Waals surface area contributed by atoms with Gasteiger partial charge in [-0.1, -0.05) is 18.2 Å². The molecule has 1 aromatic carbocycles. The largest absolute Gasteiger partial charge is 0.480 e. The SMILES string of the molecule is O=C(O)CCl.O=C(O)c1ccccc1. The number of rotatable bonds is 2. The number of halogens is 1. The topological polar surface area (TPSA) is 74.6 Å². The maximum Gasteiger partial charge on any atom is 0.335 e. The van der Waals surface area contributed by atoms with Gasteiger partial charge in [-0.15, -0.1) is 11.6 Å². The van der Waals surface area contributed by atoms with Crippen molar-refractivity contribution in [3.05, 3.63) is 35.9 Å². The molecule has 0 heterocycles. The summed E-state index contributed by atoms with van der Waals surface area (Å²) in [6.07, 6.45) is 0. The molecule has 2 N–H and O–H groups in total. The van der Waals surface area contributed by atoms with Crippen LogP contribution in [0.4, 0.5) is 0 Å². The third-order valence-electron chi connectivity index (χ3n) is 1.14. The van der Waals surface area contributed by atoms with E-state index in [2.05, 4.69) is 0 Å². The normalized spacial score (nSPS) is 8.36. The number of hydrogen-bond donors (Lipinski definition) is 2. The lowest BCUT2D eigenvalue weighted by Gasteiger charge is -1.88. The van der Waals surface area contributed by atoms with Gasteiger partial charge in [0, 0.05) is 0 Å². The summed E-state index contributed by atoms with van der Waals surface area (Å²) in [7, 11) is 0. The van der Waals surface area contributed by atoms with Crippen LogP contribution in [0.25, 0.3) is 0 Å². The molecule has 4 nitrogen and oxygen atoms in total. The fraction of sp³-hybridized carbons (Fsp3) is 0.111. The van der Waals surface area contributed by atoms with Crippen LogP contribution in [0.1, 0.15) is 10.4 Å². The highest BCUT2D eigenvalue weighted by Gasteiger charge is 1.96. The van der Waals surface area contributed by atoms with Crippen molar-refractivity contribution in [3.8, 4) is 0 Å². The summed E-state index contributed by atoms with van der Waals surface area (Å²) in [4.78, 5) is 19.4. The van der Waals surface area contributed by atoms with Crippen LogP contribution in [0, 0.1) is 0 Å². The summed E-state index contributed by atoms with van der Waals surface area (Å²) < 4.78 is 0. The van der Waals surface area contributed by atoms with Crippen molar-refractivity contribution in [2.75, 3.05) is 5.88 Å². The van der Waals surface area contributed by atoms with Crippen molar-refractivity contribution in [3.63, 3.8) is 0 Å². The molecule has 1 rings (SSSR count). The van der Waals surface area contributed by atoms with E-state index in [0.29, 0.717) is 5.56 Å². The average Bonchev–Trinajstić information content (AvgIpc) is 2.20. The first-order valence-electron chi connectivity index (χ1n) is 3.64. The Labute approximate surface area is 85.7 Å². The van der Waals surface area contributed by atoms with Gasteiger partial charge in [0.1, 0.15) is 5.88 Å². The van der Waals surface area contributed by atoms with Gasteiger partial charge in [-0.05, 0) is 12.1 Å². The first-order chi connectivity index (χ1) is 6.57. The molecule has 0 saturated carbocycles. The van der Waals surface area contributed by atoms with Crippen molar-refractivity contribution in [1.82, 2.24) is 0 Å². The molecule has 0 bridgehead atoms. The van der Waals surface area contributed by atoms with Gasteiger partial charge >= 0.3 is 11.9 Å². The molecule has 0 radical (unpaired) electrons.